The van der Waals surface area contributed by atoms with Crippen LogP contribution in [0.1, 0.15) is 5.56 Å². The van der Waals surface area contributed by atoms with E-state index in [1.165, 1.54) is 6.33 Å². The van der Waals surface area contributed by atoms with Gasteiger partial charge in [-0.05, 0) is 30.0 Å². The molecule has 1 amide bonds. The number of carbonyl (C=O) groups excluding carboxylic acids is 1. The van der Waals surface area contributed by atoms with E-state index in [9.17, 15) is 4.79 Å². The highest BCUT2D eigenvalue weighted by Crippen LogP contribution is 2.34. The number of rotatable bonds is 3. The van der Waals surface area contributed by atoms with Gasteiger partial charge < -0.3 is 10.2 Å². The van der Waals surface area contributed by atoms with E-state index in [2.05, 4.69) is 20.3 Å². The largest absolute Gasteiger partial charge is 0.339 e. The van der Waals surface area contributed by atoms with Gasteiger partial charge in [0.15, 0.2) is 15.8 Å². The van der Waals surface area contributed by atoms with E-state index in [1.807, 2.05) is 24.5 Å². The van der Waals surface area contributed by atoms with Crippen molar-refractivity contribution in [2.75, 3.05) is 23.5 Å². The topological polar surface area (TPSA) is 71.0 Å². The Morgan fingerprint density at radius 3 is 3.04 bits per heavy atom. The summed E-state index contributed by atoms with van der Waals surface area (Å²) in [4.78, 5) is 26.5. The Bertz CT molecular complexity index is 923. The van der Waals surface area contributed by atoms with E-state index in [4.69, 9.17) is 0 Å². The maximum Gasteiger partial charge on any atom is 0.231 e. The van der Waals surface area contributed by atoms with Crippen LogP contribution in [0.15, 0.2) is 28.9 Å². The molecule has 1 aromatic carbocycles. The van der Waals surface area contributed by atoms with E-state index < -0.39 is 0 Å². The van der Waals surface area contributed by atoms with Crippen LogP contribution in [0.5, 0.6) is 0 Å². The summed E-state index contributed by atoms with van der Waals surface area (Å²) in [5.41, 5.74) is 3.61. The summed E-state index contributed by atoms with van der Waals surface area (Å²) in [6, 6.07) is 5.92. The Morgan fingerprint density at radius 2 is 2.22 bits per heavy atom. The minimum absolute atomic E-state index is 0.119. The Hall–Kier alpha value is -2.19. The van der Waals surface area contributed by atoms with Gasteiger partial charge in [0, 0.05) is 18.4 Å². The van der Waals surface area contributed by atoms with Crippen molar-refractivity contribution in [1.29, 1.82) is 0 Å². The molecule has 0 fully saturated rings. The fraction of sp³-hybridized carbons (Fsp3) is 0.200. The van der Waals surface area contributed by atoms with Crippen LogP contribution in [0, 0.1) is 0 Å². The van der Waals surface area contributed by atoms with Gasteiger partial charge in [0.1, 0.15) is 11.0 Å². The number of hydrogen-bond acceptors (Lipinski definition) is 7. The second-order valence-corrected chi connectivity index (χ2v) is 7.21. The maximum absolute atomic E-state index is 11.8. The molecule has 3 aromatic rings. The molecule has 1 aliphatic heterocycles. The summed E-state index contributed by atoms with van der Waals surface area (Å²) in [5, 5.41) is 3.32. The molecule has 4 rings (SSSR count). The summed E-state index contributed by atoms with van der Waals surface area (Å²) < 4.78 is 1.90. The van der Waals surface area contributed by atoms with Crippen LogP contribution in [0.25, 0.3) is 10.3 Å². The predicted octanol–water partition coefficient (Wildman–Crippen LogP) is 3.07. The van der Waals surface area contributed by atoms with Crippen LogP contribution in [0.2, 0.25) is 0 Å². The van der Waals surface area contributed by atoms with Crippen molar-refractivity contribution in [3.8, 4) is 0 Å². The molecule has 3 heterocycles. The van der Waals surface area contributed by atoms with E-state index in [1.54, 1.807) is 35.0 Å². The van der Waals surface area contributed by atoms with Gasteiger partial charge in [-0.3, -0.25) is 4.79 Å². The quantitative estimate of drug-likeness (QED) is 0.737. The molecule has 0 saturated heterocycles. The first-order chi connectivity index (χ1) is 11.2. The molecule has 23 heavy (non-hydrogen) atoms. The minimum Gasteiger partial charge on any atom is -0.339 e. The van der Waals surface area contributed by atoms with Crippen LogP contribution in [-0.2, 0) is 11.2 Å². The standard InChI is InChI=1S/C15H13N5OS2/c1-20-10-4-3-9(5-8(10)6-11(20)21)18-13-12-14(17-7-16-13)19-15(22-2)23-12/h3-5,7H,6H2,1-2H3,(H,16,17,18). The van der Waals surface area contributed by atoms with Crippen LogP contribution >= 0.6 is 23.1 Å². The van der Waals surface area contributed by atoms with Gasteiger partial charge in [0.25, 0.3) is 0 Å². The molecule has 0 aliphatic carbocycles. The first-order valence-corrected chi connectivity index (χ1v) is 9.02. The summed E-state index contributed by atoms with van der Waals surface area (Å²) in [6.45, 7) is 0. The lowest BCUT2D eigenvalue weighted by Crippen LogP contribution is -2.20. The summed E-state index contributed by atoms with van der Waals surface area (Å²) in [5.74, 6) is 0.860. The average Bonchev–Trinajstić information content (AvgIpc) is 3.09. The number of amides is 1. The van der Waals surface area contributed by atoms with E-state index in [0.717, 1.165) is 31.8 Å². The molecular formula is C15H13N5OS2. The third kappa shape index (κ3) is 2.43. The third-order valence-corrected chi connectivity index (χ3v) is 5.80. The number of benzene rings is 1. The zero-order chi connectivity index (χ0) is 16.0. The van der Waals surface area contributed by atoms with Crippen molar-refractivity contribution in [3.63, 3.8) is 0 Å². The zero-order valence-electron chi connectivity index (χ0n) is 12.5. The average molecular weight is 343 g/mol. The maximum atomic E-state index is 11.8. The van der Waals surface area contributed by atoms with Gasteiger partial charge in [0.2, 0.25) is 5.91 Å². The Balaban J connectivity index is 1.70. The highest BCUT2D eigenvalue weighted by atomic mass is 32.2. The molecule has 0 saturated carbocycles. The number of nitrogens with zero attached hydrogens (tertiary/aromatic N) is 4. The Kier molecular flexibility index (Phi) is 3.42. The van der Waals surface area contributed by atoms with Gasteiger partial charge in [-0.2, -0.15) is 0 Å². The molecule has 0 spiro atoms. The lowest BCUT2D eigenvalue weighted by molar-refractivity contribution is -0.117. The van der Waals surface area contributed by atoms with Crippen molar-refractivity contribution in [3.05, 3.63) is 30.1 Å². The number of fused-ring (bicyclic) bond motifs is 2. The molecule has 6 nitrogen and oxygen atoms in total. The van der Waals surface area contributed by atoms with Crippen molar-refractivity contribution >= 4 is 56.5 Å². The number of thioether (sulfide) groups is 1. The smallest absolute Gasteiger partial charge is 0.231 e. The lowest BCUT2D eigenvalue weighted by atomic mass is 10.1. The first kappa shape index (κ1) is 14.4. The van der Waals surface area contributed by atoms with Crippen LogP contribution in [0.3, 0.4) is 0 Å². The molecule has 0 atom stereocenters. The van der Waals surface area contributed by atoms with Gasteiger partial charge in [0.05, 0.1) is 6.42 Å². The monoisotopic (exact) mass is 343 g/mol. The number of likely N-dealkylation sites (N-methyl/N-ethyl adjacent to an activating group) is 1. The number of thiazole rings is 1. The summed E-state index contributed by atoms with van der Waals surface area (Å²) >= 11 is 3.17. The second-order valence-electron chi connectivity index (χ2n) is 5.16. The highest BCUT2D eigenvalue weighted by molar-refractivity contribution is 8.00. The zero-order valence-corrected chi connectivity index (χ0v) is 14.2. The third-order valence-electron chi connectivity index (χ3n) is 3.77. The van der Waals surface area contributed by atoms with Gasteiger partial charge in [-0.25, -0.2) is 15.0 Å². The summed E-state index contributed by atoms with van der Waals surface area (Å²) in [6.07, 6.45) is 3.95. The molecule has 8 heteroatoms. The second kappa shape index (κ2) is 5.47. The summed E-state index contributed by atoms with van der Waals surface area (Å²) in [7, 11) is 1.80. The van der Waals surface area contributed by atoms with Gasteiger partial charge in [-0.1, -0.05) is 11.8 Å². The van der Waals surface area contributed by atoms with Crippen molar-refractivity contribution in [2.24, 2.45) is 0 Å². The van der Waals surface area contributed by atoms with E-state index >= 15 is 0 Å². The normalized spacial score (nSPS) is 13.7. The molecule has 2 aromatic heterocycles. The van der Waals surface area contributed by atoms with E-state index in [-0.39, 0.29) is 5.91 Å². The molecule has 116 valence electrons. The van der Waals surface area contributed by atoms with Crippen molar-refractivity contribution in [1.82, 2.24) is 15.0 Å². The Morgan fingerprint density at radius 1 is 1.35 bits per heavy atom. The SMILES string of the molecule is CSc1nc2ncnc(Nc3ccc4c(c3)CC(=O)N4C)c2s1. The molecule has 1 N–H and O–H groups in total. The number of carbonyl (C=O) groups is 1. The minimum atomic E-state index is 0.119. The number of anilines is 3. The molecule has 1 aliphatic rings. The Labute approximate surface area is 141 Å². The fourth-order valence-corrected chi connectivity index (χ4v) is 4.05. The van der Waals surface area contributed by atoms with Crippen molar-refractivity contribution in [2.45, 2.75) is 10.8 Å². The van der Waals surface area contributed by atoms with Crippen LogP contribution in [-0.4, -0.2) is 34.2 Å². The van der Waals surface area contributed by atoms with Crippen LogP contribution in [0.4, 0.5) is 17.2 Å². The lowest BCUT2D eigenvalue weighted by Gasteiger charge is -2.11. The van der Waals surface area contributed by atoms with E-state index in [0.29, 0.717) is 12.1 Å². The number of nitrogens with one attached hydrogen (secondary N) is 1. The van der Waals surface area contributed by atoms with Gasteiger partial charge >= 0.3 is 0 Å². The molecule has 0 radical (unpaired) electrons. The number of hydrogen-bond donors (Lipinski definition) is 1. The number of aromatic nitrogens is 3. The predicted molar refractivity (Wildman–Crippen MR) is 93.8 cm³/mol. The van der Waals surface area contributed by atoms with Crippen LogP contribution < -0.4 is 10.2 Å². The van der Waals surface area contributed by atoms with Gasteiger partial charge in [-0.15, -0.1) is 11.3 Å². The van der Waals surface area contributed by atoms with Crippen molar-refractivity contribution < 1.29 is 4.79 Å². The molecular weight excluding hydrogens is 330 g/mol. The molecule has 0 bridgehead atoms. The highest BCUT2D eigenvalue weighted by Gasteiger charge is 2.24. The first-order valence-electron chi connectivity index (χ1n) is 6.98. The fourth-order valence-electron chi connectivity index (χ4n) is 2.60. The molecule has 0 unspecified atom stereocenters.